The second-order valence-electron chi connectivity index (χ2n) is 5.43. The van der Waals surface area contributed by atoms with E-state index in [1.54, 1.807) is 11.9 Å². The van der Waals surface area contributed by atoms with Crippen LogP contribution >= 0.6 is 12.4 Å². The van der Waals surface area contributed by atoms with Crippen molar-refractivity contribution < 1.29 is 14.3 Å². The summed E-state index contributed by atoms with van der Waals surface area (Å²) in [6.45, 7) is 3.49. The molecule has 1 aliphatic rings. The molecule has 22 heavy (non-hydrogen) atoms. The molecule has 0 radical (unpaired) electrons. The smallest absolute Gasteiger partial charge is 0.251 e. The van der Waals surface area contributed by atoms with Gasteiger partial charge in [0.05, 0.1) is 12.6 Å². The van der Waals surface area contributed by atoms with E-state index in [4.69, 9.17) is 15.2 Å². The minimum Gasteiger partial charge on any atom is -0.491 e. The van der Waals surface area contributed by atoms with Gasteiger partial charge in [-0.05, 0) is 31.4 Å². The number of benzene rings is 1. The number of hydrogen-bond donors (Lipinski definition) is 1. The average molecular weight is 329 g/mol. The van der Waals surface area contributed by atoms with Gasteiger partial charge in [0, 0.05) is 13.6 Å². The van der Waals surface area contributed by atoms with E-state index in [0.29, 0.717) is 19.7 Å². The van der Waals surface area contributed by atoms with E-state index in [1.165, 1.54) is 0 Å². The van der Waals surface area contributed by atoms with Gasteiger partial charge in [-0.2, -0.15) is 0 Å². The summed E-state index contributed by atoms with van der Waals surface area (Å²) in [6.07, 6.45) is 1.29. The topological polar surface area (TPSA) is 64.8 Å². The highest BCUT2D eigenvalue weighted by atomic mass is 35.5. The van der Waals surface area contributed by atoms with Crippen LogP contribution in [0.1, 0.15) is 18.4 Å². The van der Waals surface area contributed by atoms with Crippen molar-refractivity contribution in [3.8, 4) is 5.75 Å². The molecule has 2 N–H and O–H groups in total. The molecular weight excluding hydrogens is 304 g/mol. The van der Waals surface area contributed by atoms with Crippen LogP contribution in [-0.4, -0.2) is 49.8 Å². The number of halogens is 1. The Morgan fingerprint density at radius 2 is 2.14 bits per heavy atom. The summed E-state index contributed by atoms with van der Waals surface area (Å²) in [5.74, 6) is 0.873. The molecule has 0 aliphatic carbocycles. The van der Waals surface area contributed by atoms with Crippen molar-refractivity contribution in [1.29, 1.82) is 0 Å². The van der Waals surface area contributed by atoms with E-state index in [-0.39, 0.29) is 30.5 Å². The summed E-state index contributed by atoms with van der Waals surface area (Å²) in [4.78, 5) is 13.9. The van der Waals surface area contributed by atoms with E-state index in [9.17, 15) is 4.79 Å². The third kappa shape index (κ3) is 4.87. The Labute approximate surface area is 138 Å². The van der Waals surface area contributed by atoms with Crippen LogP contribution in [0.3, 0.4) is 0 Å². The van der Waals surface area contributed by atoms with Crippen LogP contribution in [0.4, 0.5) is 0 Å². The van der Waals surface area contributed by atoms with Gasteiger partial charge < -0.3 is 20.1 Å². The van der Waals surface area contributed by atoms with Gasteiger partial charge in [0.15, 0.2) is 0 Å². The molecule has 1 fully saturated rings. The Bertz CT molecular complexity index is 484. The summed E-state index contributed by atoms with van der Waals surface area (Å²) in [7, 11) is 1.78. The van der Waals surface area contributed by atoms with Crippen molar-refractivity contribution in [3.63, 3.8) is 0 Å². The third-order valence-electron chi connectivity index (χ3n) is 3.80. The van der Waals surface area contributed by atoms with E-state index in [1.807, 2.05) is 31.2 Å². The Kier molecular flexibility index (Phi) is 7.65. The number of carbonyl (C=O) groups excluding carboxylic acids is 1. The average Bonchev–Trinajstić information content (AvgIpc) is 2.97. The lowest BCUT2D eigenvalue weighted by atomic mass is 10.2. The number of nitrogens with two attached hydrogens (primary N) is 1. The minimum atomic E-state index is -0.345. The van der Waals surface area contributed by atoms with Gasteiger partial charge in [-0.3, -0.25) is 4.79 Å². The first-order valence-corrected chi connectivity index (χ1v) is 7.40. The fourth-order valence-corrected chi connectivity index (χ4v) is 2.43. The van der Waals surface area contributed by atoms with Crippen LogP contribution in [0.2, 0.25) is 0 Å². The molecule has 5 nitrogen and oxygen atoms in total. The largest absolute Gasteiger partial charge is 0.491 e. The first-order valence-electron chi connectivity index (χ1n) is 7.40. The Balaban J connectivity index is 0.00000242. The lowest BCUT2D eigenvalue weighted by Gasteiger charge is -2.21. The van der Waals surface area contributed by atoms with Gasteiger partial charge in [-0.15, -0.1) is 12.4 Å². The van der Waals surface area contributed by atoms with Gasteiger partial charge in [0.25, 0.3) is 5.91 Å². The predicted molar refractivity (Wildman–Crippen MR) is 88.5 cm³/mol. The highest BCUT2D eigenvalue weighted by Gasteiger charge is 2.31. The number of likely N-dealkylation sites (N-methyl/N-ethyl adjacent to an activating group) is 1. The second kappa shape index (κ2) is 8.98. The monoisotopic (exact) mass is 328 g/mol. The fraction of sp³-hybridized carbons (Fsp3) is 0.562. The van der Waals surface area contributed by atoms with Crippen LogP contribution in [0, 0.1) is 6.92 Å². The van der Waals surface area contributed by atoms with E-state index >= 15 is 0 Å². The summed E-state index contributed by atoms with van der Waals surface area (Å²) in [5, 5.41) is 0. The minimum absolute atomic E-state index is 0. The number of para-hydroxylation sites is 1. The molecular formula is C16H25ClN2O3. The second-order valence-corrected chi connectivity index (χ2v) is 5.43. The van der Waals surface area contributed by atoms with Crippen molar-refractivity contribution in [2.75, 3.05) is 26.7 Å². The normalized spacial score (nSPS) is 20.3. The lowest BCUT2D eigenvalue weighted by molar-refractivity contribution is -0.141. The first-order chi connectivity index (χ1) is 10.1. The lowest BCUT2D eigenvalue weighted by Crippen LogP contribution is -2.39. The highest BCUT2D eigenvalue weighted by Crippen LogP contribution is 2.20. The summed E-state index contributed by atoms with van der Waals surface area (Å²) in [6, 6.07) is 7.85. The number of hydrogen-bond acceptors (Lipinski definition) is 4. The zero-order valence-corrected chi connectivity index (χ0v) is 14.0. The number of aryl methyl sites for hydroxylation is 1. The van der Waals surface area contributed by atoms with Gasteiger partial charge in [-0.25, -0.2) is 0 Å². The Hall–Kier alpha value is -1.30. The maximum Gasteiger partial charge on any atom is 0.251 e. The molecule has 124 valence electrons. The summed E-state index contributed by atoms with van der Waals surface area (Å²) in [5.41, 5.74) is 6.66. The zero-order chi connectivity index (χ0) is 15.2. The van der Waals surface area contributed by atoms with Gasteiger partial charge >= 0.3 is 0 Å². The predicted octanol–water partition coefficient (Wildman–Crippen LogP) is 1.76. The quantitative estimate of drug-likeness (QED) is 0.864. The molecule has 0 unspecified atom stereocenters. The molecule has 0 spiro atoms. The van der Waals surface area contributed by atoms with Crippen LogP contribution in [-0.2, 0) is 9.53 Å². The number of ether oxygens (including phenoxy) is 2. The van der Waals surface area contributed by atoms with E-state index in [2.05, 4.69) is 0 Å². The number of amides is 1. The van der Waals surface area contributed by atoms with Crippen LogP contribution in [0.15, 0.2) is 24.3 Å². The maximum atomic E-state index is 12.2. The molecule has 6 heteroatoms. The first kappa shape index (κ1) is 18.7. The Morgan fingerprint density at radius 1 is 1.41 bits per heavy atom. The van der Waals surface area contributed by atoms with Crippen molar-refractivity contribution in [1.82, 2.24) is 4.90 Å². The third-order valence-corrected chi connectivity index (χ3v) is 3.80. The van der Waals surface area contributed by atoms with Crippen molar-refractivity contribution >= 4 is 18.3 Å². The van der Waals surface area contributed by atoms with E-state index in [0.717, 1.165) is 24.2 Å². The molecule has 1 heterocycles. The maximum absolute atomic E-state index is 12.2. The molecule has 1 saturated heterocycles. The molecule has 1 aromatic carbocycles. The molecule has 1 aliphatic heterocycles. The van der Waals surface area contributed by atoms with E-state index < -0.39 is 0 Å². The fourth-order valence-electron chi connectivity index (χ4n) is 2.43. The van der Waals surface area contributed by atoms with Crippen LogP contribution < -0.4 is 10.5 Å². The molecule has 0 saturated carbocycles. The standard InChI is InChI=1S/C16H24N2O3.ClH/c1-12-5-3-4-6-14(12)20-10-9-18(2)16(19)15-8-7-13(11-17)21-15;/h3-6,13,15H,7-11,17H2,1-2H3;1H/t13-,15+;/m1./s1. The van der Waals surface area contributed by atoms with Gasteiger partial charge in [-0.1, -0.05) is 18.2 Å². The molecule has 2 rings (SSSR count). The van der Waals surface area contributed by atoms with Gasteiger partial charge in [0.1, 0.15) is 18.5 Å². The Morgan fingerprint density at radius 3 is 2.77 bits per heavy atom. The highest BCUT2D eigenvalue weighted by molar-refractivity contribution is 5.85. The zero-order valence-electron chi connectivity index (χ0n) is 13.2. The van der Waals surface area contributed by atoms with Crippen molar-refractivity contribution in [2.24, 2.45) is 5.73 Å². The molecule has 0 bridgehead atoms. The SMILES string of the molecule is Cc1ccccc1OCCN(C)C(=O)[C@@H]1CC[C@H](CN)O1.Cl. The molecule has 0 aromatic heterocycles. The van der Waals surface area contributed by atoms with Crippen LogP contribution in [0.5, 0.6) is 5.75 Å². The number of carbonyl (C=O) groups is 1. The molecule has 1 amide bonds. The summed E-state index contributed by atoms with van der Waals surface area (Å²) >= 11 is 0. The number of nitrogens with zero attached hydrogens (tertiary/aromatic N) is 1. The van der Waals surface area contributed by atoms with Gasteiger partial charge in [0.2, 0.25) is 0 Å². The molecule has 2 atom stereocenters. The number of rotatable bonds is 6. The van der Waals surface area contributed by atoms with Crippen molar-refractivity contribution in [3.05, 3.63) is 29.8 Å². The van der Waals surface area contributed by atoms with Crippen LogP contribution in [0.25, 0.3) is 0 Å². The summed E-state index contributed by atoms with van der Waals surface area (Å²) < 4.78 is 11.3. The van der Waals surface area contributed by atoms with Crippen molar-refractivity contribution in [2.45, 2.75) is 32.0 Å². The molecule has 1 aromatic rings.